The van der Waals surface area contributed by atoms with Crippen LogP contribution in [0.5, 0.6) is 0 Å². The lowest BCUT2D eigenvalue weighted by atomic mass is 9.78. The molecule has 1 aliphatic heterocycles. The SMILES string of the molecule is COC1CCC(C2CNC(NC3CCCC(C(=O)NCCN(C)C)C3)NC2)CC1. The largest absolute Gasteiger partial charge is 0.381 e. The van der Waals surface area contributed by atoms with Gasteiger partial charge in [-0.25, -0.2) is 0 Å². The highest BCUT2D eigenvalue weighted by Gasteiger charge is 2.32. The number of carbonyl (C=O) groups excluding carboxylic acids is 1. The molecule has 0 aromatic heterocycles. The molecule has 2 atom stereocenters. The van der Waals surface area contributed by atoms with Crippen LogP contribution in [0.15, 0.2) is 0 Å². The second-order valence-electron chi connectivity index (χ2n) is 9.60. The number of methoxy groups -OCH3 is 1. The van der Waals surface area contributed by atoms with Crippen LogP contribution >= 0.6 is 0 Å². The molecule has 2 aliphatic carbocycles. The monoisotopic (exact) mass is 409 g/mol. The average Bonchev–Trinajstić information content (AvgIpc) is 2.74. The summed E-state index contributed by atoms with van der Waals surface area (Å²) in [5, 5.41) is 14.2. The number of hydrogen-bond acceptors (Lipinski definition) is 6. The molecule has 2 saturated carbocycles. The zero-order valence-electron chi connectivity index (χ0n) is 18.7. The lowest BCUT2D eigenvalue weighted by Gasteiger charge is -2.40. The number of ether oxygens (including phenoxy) is 1. The Kier molecular flexibility index (Phi) is 9.18. The van der Waals surface area contributed by atoms with Crippen molar-refractivity contribution in [3.8, 4) is 0 Å². The number of hydrogen-bond donors (Lipinski definition) is 4. The molecule has 0 bridgehead atoms. The summed E-state index contributed by atoms with van der Waals surface area (Å²) in [7, 11) is 5.91. The van der Waals surface area contributed by atoms with Crippen LogP contribution in [-0.2, 0) is 9.53 Å². The van der Waals surface area contributed by atoms with Gasteiger partial charge in [-0.1, -0.05) is 6.42 Å². The van der Waals surface area contributed by atoms with Gasteiger partial charge in [0.25, 0.3) is 0 Å². The third-order valence-electron chi connectivity index (χ3n) is 7.19. The highest BCUT2D eigenvalue weighted by Crippen LogP contribution is 2.32. The summed E-state index contributed by atoms with van der Waals surface area (Å²) in [5.74, 6) is 1.91. The van der Waals surface area contributed by atoms with Crippen molar-refractivity contribution >= 4 is 5.91 Å². The van der Waals surface area contributed by atoms with Crippen LogP contribution in [0.3, 0.4) is 0 Å². The van der Waals surface area contributed by atoms with Crippen LogP contribution in [0.2, 0.25) is 0 Å². The van der Waals surface area contributed by atoms with Gasteiger partial charge in [0.15, 0.2) is 0 Å². The minimum absolute atomic E-state index is 0.149. The standard InChI is InChI=1S/C22H43N5O2/c1-27(2)12-11-23-21(28)17-5-4-6-19(13-17)26-22-24-14-18(15-25-22)16-7-9-20(29-3)10-8-16/h16-20,22,24-26H,4-15H2,1-3H3,(H,23,28). The van der Waals surface area contributed by atoms with Gasteiger partial charge in [-0.2, -0.15) is 0 Å². The number of likely N-dealkylation sites (N-methyl/N-ethyl adjacent to an activating group) is 1. The molecule has 29 heavy (non-hydrogen) atoms. The van der Waals surface area contributed by atoms with Crippen molar-refractivity contribution in [2.75, 3.05) is 47.4 Å². The van der Waals surface area contributed by atoms with Gasteiger partial charge < -0.3 is 15.0 Å². The lowest BCUT2D eigenvalue weighted by molar-refractivity contribution is -0.126. The van der Waals surface area contributed by atoms with E-state index in [0.29, 0.717) is 18.1 Å². The van der Waals surface area contributed by atoms with Crippen LogP contribution in [0.4, 0.5) is 0 Å². The first kappa shape index (κ1) is 22.9. The Labute approximate surface area is 177 Å². The van der Waals surface area contributed by atoms with E-state index >= 15 is 0 Å². The fourth-order valence-electron chi connectivity index (χ4n) is 5.29. The minimum atomic E-state index is 0.149. The van der Waals surface area contributed by atoms with E-state index in [1.54, 1.807) is 0 Å². The normalized spacial score (nSPS) is 36.1. The third-order valence-corrected chi connectivity index (χ3v) is 7.19. The van der Waals surface area contributed by atoms with E-state index in [0.717, 1.165) is 57.8 Å². The Hall–Kier alpha value is -0.730. The fourth-order valence-corrected chi connectivity index (χ4v) is 5.29. The predicted octanol–water partition coefficient (Wildman–Crippen LogP) is 1.11. The Balaban J connectivity index is 1.35. The van der Waals surface area contributed by atoms with E-state index in [2.05, 4.69) is 26.2 Å². The van der Waals surface area contributed by atoms with Gasteiger partial charge in [0.2, 0.25) is 5.91 Å². The molecule has 0 aromatic carbocycles. The second kappa shape index (κ2) is 11.6. The lowest BCUT2D eigenvalue weighted by Crippen LogP contribution is -2.63. The molecular weight excluding hydrogens is 366 g/mol. The maximum Gasteiger partial charge on any atom is 0.223 e. The van der Waals surface area contributed by atoms with Crippen molar-refractivity contribution in [3.05, 3.63) is 0 Å². The second-order valence-corrected chi connectivity index (χ2v) is 9.60. The molecule has 1 heterocycles. The summed E-state index contributed by atoms with van der Waals surface area (Å²) in [6.45, 7) is 3.78. The molecular formula is C22H43N5O2. The predicted molar refractivity (Wildman–Crippen MR) is 116 cm³/mol. The van der Waals surface area contributed by atoms with Gasteiger partial charge in [0.05, 0.1) is 6.10 Å². The van der Waals surface area contributed by atoms with E-state index in [1.165, 1.54) is 25.7 Å². The summed E-state index contributed by atoms with van der Waals surface area (Å²) in [6, 6.07) is 0.409. The molecule has 1 saturated heterocycles. The van der Waals surface area contributed by atoms with Crippen molar-refractivity contribution in [2.24, 2.45) is 17.8 Å². The Bertz CT molecular complexity index is 488. The van der Waals surface area contributed by atoms with Crippen LogP contribution < -0.4 is 21.3 Å². The van der Waals surface area contributed by atoms with E-state index in [-0.39, 0.29) is 18.1 Å². The topological polar surface area (TPSA) is 77.7 Å². The van der Waals surface area contributed by atoms with Gasteiger partial charge in [0, 0.05) is 45.2 Å². The Morgan fingerprint density at radius 1 is 1.03 bits per heavy atom. The Morgan fingerprint density at radius 2 is 1.76 bits per heavy atom. The molecule has 0 aromatic rings. The summed E-state index contributed by atoms with van der Waals surface area (Å²) in [5.41, 5.74) is 0. The van der Waals surface area contributed by atoms with Crippen molar-refractivity contribution < 1.29 is 9.53 Å². The van der Waals surface area contributed by atoms with Gasteiger partial charge in [0.1, 0.15) is 6.29 Å². The van der Waals surface area contributed by atoms with Crippen molar-refractivity contribution in [3.63, 3.8) is 0 Å². The van der Waals surface area contributed by atoms with E-state index in [4.69, 9.17) is 4.74 Å². The van der Waals surface area contributed by atoms with Crippen molar-refractivity contribution in [1.29, 1.82) is 0 Å². The van der Waals surface area contributed by atoms with Gasteiger partial charge in [-0.3, -0.25) is 20.7 Å². The highest BCUT2D eigenvalue weighted by molar-refractivity contribution is 5.78. The van der Waals surface area contributed by atoms with Gasteiger partial charge in [-0.15, -0.1) is 0 Å². The van der Waals surface area contributed by atoms with Crippen LogP contribution in [-0.4, -0.2) is 76.6 Å². The molecule has 7 heteroatoms. The van der Waals surface area contributed by atoms with Gasteiger partial charge >= 0.3 is 0 Å². The summed E-state index contributed by atoms with van der Waals surface area (Å²) >= 11 is 0. The molecule has 3 rings (SSSR count). The number of nitrogens with one attached hydrogen (secondary N) is 4. The van der Waals surface area contributed by atoms with Crippen LogP contribution in [0.1, 0.15) is 51.4 Å². The highest BCUT2D eigenvalue weighted by atomic mass is 16.5. The number of carbonyl (C=O) groups is 1. The molecule has 1 amide bonds. The first-order chi connectivity index (χ1) is 14.0. The molecule has 3 fully saturated rings. The molecule has 3 aliphatic rings. The smallest absolute Gasteiger partial charge is 0.223 e. The molecule has 4 N–H and O–H groups in total. The molecule has 0 spiro atoms. The van der Waals surface area contributed by atoms with Crippen molar-refractivity contribution in [2.45, 2.75) is 69.8 Å². The quantitative estimate of drug-likeness (QED) is 0.481. The third kappa shape index (κ3) is 7.17. The number of nitrogens with zero attached hydrogens (tertiary/aromatic N) is 1. The molecule has 2 unspecified atom stereocenters. The van der Waals surface area contributed by atoms with E-state index in [9.17, 15) is 4.79 Å². The molecule has 0 radical (unpaired) electrons. The minimum Gasteiger partial charge on any atom is -0.381 e. The number of rotatable bonds is 8. The zero-order valence-corrected chi connectivity index (χ0v) is 18.7. The maximum atomic E-state index is 12.5. The van der Waals surface area contributed by atoms with Crippen LogP contribution in [0.25, 0.3) is 0 Å². The first-order valence-corrected chi connectivity index (χ1v) is 11.7. The zero-order chi connectivity index (χ0) is 20.6. The molecule has 168 valence electrons. The summed E-state index contributed by atoms with van der Waals surface area (Å²) < 4.78 is 5.51. The Morgan fingerprint density at radius 3 is 2.41 bits per heavy atom. The van der Waals surface area contributed by atoms with E-state index in [1.807, 2.05) is 21.2 Å². The maximum absolute atomic E-state index is 12.5. The summed E-state index contributed by atoms with van der Waals surface area (Å²) in [6.07, 6.45) is 9.88. The van der Waals surface area contributed by atoms with Crippen LogP contribution in [0, 0.1) is 17.8 Å². The number of amides is 1. The van der Waals surface area contributed by atoms with E-state index < -0.39 is 0 Å². The van der Waals surface area contributed by atoms with Gasteiger partial charge in [-0.05, 0) is 70.9 Å². The molecule has 7 nitrogen and oxygen atoms in total. The first-order valence-electron chi connectivity index (χ1n) is 11.7. The van der Waals surface area contributed by atoms with Crippen molar-refractivity contribution in [1.82, 2.24) is 26.2 Å². The average molecular weight is 410 g/mol. The summed E-state index contributed by atoms with van der Waals surface area (Å²) in [4.78, 5) is 14.6. The fraction of sp³-hybridized carbons (Fsp3) is 0.955.